The molecule has 0 saturated carbocycles. The van der Waals surface area contributed by atoms with Crippen LogP contribution in [0.5, 0.6) is 11.5 Å². The van der Waals surface area contributed by atoms with Crippen LogP contribution in [0.4, 0.5) is 5.82 Å². The fourth-order valence-corrected chi connectivity index (χ4v) is 2.73. The number of aromatic nitrogens is 2. The minimum absolute atomic E-state index is 0.137. The third-order valence-corrected chi connectivity index (χ3v) is 4.25. The molecule has 0 saturated heterocycles. The lowest BCUT2D eigenvalue weighted by atomic mass is 10.0. The maximum atomic E-state index is 11.4. The standard InChI is InChI=1S/C23H23N5O2/c1-3-21(29)28-16(2)13-26-23-20(14-25-15-27-23)22(24)17-9-11-19(12-10-17)30-18-7-5-4-6-8-18/h3-12,14-16,24H,1,13H2,2H3,(H,28,29)(H,25,26,27). The highest BCUT2D eigenvalue weighted by Crippen LogP contribution is 2.23. The summed E-state index contributed by atoms with van der Waals surface area (Å²) in [6.45, 7) is 5.75. The topological polar surface area (TPSA) is 100.0 Å². The quantitative estimate of drug-likeness (QED) is 0.374. The summed E-state index contributed by atoms with van der Waals surface area (Å²) in [5.41, 5.74) is 1.56. The molecule has 3 N–H and O–H groups in total. The summed E-state index contributed by atoms with van der Waals surface area (Å²) in [4.78, 5) is 19.7. The molecule has 0 fully saturated rings. The molecule has 30 heavy (non-hydrogen) atoms. The first-order valence-electron chi connectivity index (χ1n) is 9.46. The highest BCUT2D eigenvalue weighted by atomic mass is 16.5. The van der Waals surface area contributed by atoms with E-state index < -0.39 is 0 Å². The van der Waals surface area contributed by atoms with Gasteiger partial charge in [-0.3, -0.25) is 10.2 Å². The third kappa shape index (κ3) is 5.51. The van der Waals surface area contributed by atoms with Gasteiger partial charge in [0.25, 0.3) is 0 Å². The zero-order valence-corrected chi connectivity index (χ0v) is 16.6. The number of benzene rings is 2. The van der Waals surface area contributed by atoms with Gasteiger partial charge in [-0.2, -0.15) is 0 Å². The van der Waals surface area contributed by atoms with Gasteiger partial charge in [-0.15, -0.1) is 0 Å². The van der Waals surface area contributed by atoms with Crippen LogP contribution in [0.3, 0.4) is 0 Å². The molecule has 0 aliphatic heterocycles. The van der Waals surface area contributed by atoms with Crippen molar-refractivity contribution in [3.05, 3.63) is 90.9 Å². The van der Waals surface area contributed by atoms with Gasteiger partial charge in [0.05, 0.1) is 11.3 Å². The zero-order chi connectivity index (χ0) is 21.3. The Kier molecular flexibility index (Phi) is 6.89. The SMILES string of the molecule is C=CC(=O)NC(C)CNc1ncncc1C(=N)c1ccc(Oc2ccccc2)cc1. The Morgan fingerprint density at radius 1 is 1.17 bits per heavy atom. The molecule has 1 heterocycles. The Morgan fingerprint density at radius 3 is 2.57 bits per heavy atom. The van der Waals surface area contributed by atoms with Crippen LogP contribution in [0.2, 0.25) is 0 Å². The van der Waals surface area contributed by atoms with Gasteiger partial charge in [0, 0.05) is 24.3 Å². The highest BCUT2D eigenvalue weighted by Gasteiger charge is 2.13. The molecule has 7 heteroatoms. The molecule has 7 nitrogen and oxygen atoms in total. The normalized spacial score (nSPS) is 11.2. The van der Waals surface area contributed by atoms with Gasteiger partial charge >= 0.3 is 0 Å². The van der Waals surface area contributed by atoms with Gasteiger partial charge in [0.2, 0.25) is 5.91 Å². The predicted octanol–water partition coefficient (Wildman–Crippen LogP) is 3.79. The van der Waals surface area contributed by atoms with Gasteiger partial charge in [0.15, 0.2) is 0 Å². The zero-order valence-electron chi connectivity index (χ0n) is 16.6. The smallest absolute Gasteiger partial charge is 0.243 e. The molecule has 0 bridgehead atoms. The summed E-state index contributed by atoms with van der Waals surface area (Å²) in [5, 5.41) is 14.5. The van der Waals surface area contributed by atoms with E-state index in [9.17, 15) is 4.79 Å². The van der Waals surface area contributed by atoms with Crippen molar-refractivity contribution in [2.75, 3.05) is 11.9 Å². The number of carbonyl (C=O) groups is 1. The Labute approximate surface area is 175 Å². The second kappa shape index (κ2) is 9.97. The van der Waals surface area contributed by atoms with Crippen LogP contribution in [0.1, 0.15) is 18.1 Å². The van der Waals surface area contributed by atoms with E-state index in [2.05, 4.69) is 27.2 Å². The second-order valence-electron chi connectivity index (χ2n) is 6.59. The number of hydrogen-bond donors (Lipinski definition) is 3. The number of rotatable bonds is 9. The number of para-hydroxylation sites is 1. The van der Waals surface area contributed by atoms with Crippen molar-refractivity contribution in [3.63, 3.8) is 0 Å². The van der Waals surface area contributed by atoms with Crippen LogP contribution in [-0.2, 0) is 4.79 Å². The number of anilines is 1. The van der Waals surface area contributed by atoms with Gasteiger partial charge < -0.3 is 15.4 Å². The minimum Gasteiger partial charge on any atom is -0.457 e. The Morgan fingerprint density at radius 2 is 1.87 bits per heavy atom. The highest BCUT2D eigenvalue weighted by molar-refractivity contribution is 6.13. The van der Waals surface area contributed by atoms with E-state index in [0.29, 0.717) is 29.2 Å². The van der Waals surface area contributed by atoms with Crippen LogP contribution in [-0.4, -0.2) is 34.2 Å². The first-order chi connectivity index (χ1) is 14.6. The Hall–Kier alpha value is -4.00. The average molecular weight is 401 g/mol. The fourth-order valence-electron chi connectivity index (χ4n) is 2.73. The summed E-state index contributed by atoms with van der Waals surface area (Å²) in [6.07, 6.45) is 4.25. The number of hydrogen-bond acceptors (Lipinski definition) is 6. The van der Waals surface area contributed by atoms with Gasteiger partial charge in [0.1, 0.15) is 23.6 Å². The first kappa shape index (κ1) is 20.7. The predicted molar refractivity (Wildman–Crippen MR) is 117 cm³/mol. The molecule has 152 valence electrons. The van der Waals surface area contributed by atoms with Gasteiger partial charge in [-0.05, 0) is 49.4 Å². The minimum atomic E-state index is -0.238. The molecule has 1 aromatic heterocycles. The molecule has 1 atom stereocenters. The summed E-state index contributed by atoms with van der Waals surface area (Å²) in [5.74, 6) is 1.73. The van der Waals surface area contributed by atoms with Crippen molar-refractivity contribution in [1.82, 2.24) is 15.3 Å². The maximum absolute atomic E-state index is 11.4. The molecule has 3 rings (SSSR count). The van der Waals surface area contributed by atoms with E-state index in [4.69, 9.17) is 10.1 Å². The van der Waals surface area contributed by atoms with Crippen molar-refractivity contribution in [3.8, 4) is 11.5 Å². The van der Waals surface area contributed by atoms with Gasteiger partial charge in [-0.1, -0.05) is 24.8 Å². The lowest BCUT2D eigenvalue weighted by Gasteiger charge is -2.16. The van der Waals surface area contributed by atoms with E-state index in [1.807, 2.05) is 61.5 Å². The Bertz CT molecular complexity index is 1020. The van der Waals surface area contributed by atoms with Crippen molar-refractivity contribution in [2.24, 2.45) is 0 Å². The van der Waals surface area contributed by atoms with Crippen LogP contribution in [0.15, 0.2) is 79.8 Å². The molecule has 1 unspecified atom stereocenters. The number of nitrogens with one attached hydrogen (secondary N) is 3. The molecule has 0 radical (unpaired) electrons. The van der Waals surface area contributed by atoms with E-state index in [0.717, 1.165) is 5.75 Å². The number of ether oxygens (including phenoxy) is 1. The van der Waals surface area contributed by atoms with Crippen LogP contribution in [0.25, 0.3) is 0 Å². The van der Waals surface area contributed by atoms with Crippen molar-refractivity contribution in [1.29, 1.82) is 5.41 Å². The lowest BCUT2D eigenvalue weighted by Crippen LogP contribution is -2.36. The van der Waals surface area contributed by atoms with Gasteiger partial charge in [-0.25, -0.2) is 9.97 Å². The molecule has 2 aromatic carbocycles. The summed E-state index contributed by atoms with van der Waals surface area (Å²) < 4.78 is 5.80. The summed E-state index contributed by atoms with van der Waals surface area (Å²) in [6, 6.07) is 16.7. The van der Waals surface area contributed by atoms with Crippen LogP contribution in [0, 0.1) is 5.41 Å². The third-order valence-electron chi connectivity index (χ3n) is 4.25. The molecule has 0 aliphatic rings. The first-order valence-corrected chi connectivity index (χ1v) is 9.46. The Balaban J connectivity index is 1.69. The molecule has 0 aliphatic carbocycles. The van der Waals surface area contributed by atoms with E-state index in [-0.39, 0.29) is 17.7 Å². The second-order valence-corrected chi connectivity index (χ2v) is 6.59. The summed E-state index contributed by atoms with van der Waals surface area (Å²) in [7, 11) is 0. The average Bonchev–Trinajstić information content (AvgIpc) is 2.78. The van der Waals surface area contributed by atoms with Crippen LogP contribution >= 0.6 is 0 Å². The van der Waals surface area contributed by atoms with Crippen molar-refractivity contribution < 1.29 is 9.53 Å². The molecular formula is C23H23N5O2. The molecular weight excluding hydrogens is 378 g/mol. The summed E-state index contributed by atoms with van der Waals surface area (Å²) >= 11 is 0. The van der Waals surface area contributed by atoms with Crippen molar-refractivity contribution >= 4 is 17.4 Å². The van der Waals surface area contributed by atoms with Crippen molar-refractivity contribution in [2.45, 2.75) is 13.0 Å². The number of carbonyl (C=O) groups excluding carboxylic acids is 1. The fraction of sp³-hybridized carbons (Fsp3) is 0.130. The van der Waals surface area contributed by atoms with Crippen LogP contribution < -0.4 is 15.4 Å². The van der Waals surface area contributed by atoms with E-state index in [1.54, 1.807) is 6.20 Å². The number of nitrogens with zero attached hydrogens (tertiary/aromatic N) is 2. The maximum Gasteiger partial charge on any atom is 0.243 e. The van der Waals surface area contributed by atoms with E-state index in [1.165, 1.54) is 12.4 Å². The number of amides is 1. The molecule has 1 amide bonds. The monoisotopic (exact) mass is 401 g/mol. The lowest BCUT2D eigenvalue weighted by molar-refractivity contribution is -0.116. The molecule has 3 aromatic rings. The molecule has 0 spiro atoms. The largest absolute Gasteiger partial charge is 0.457 e. The van der Waals surface area contributed by atoms with E-state index >= 15 is 0 Å².